The summed E-state index contributed by atoms with van der Waals surface area (Å²) in [6.07, 6.45) is -3.95. The Labute approximate surface area is 116 Å². The van der Waals surface area contributed by atoms with Gasteiger partial charge in [0.1, 0.15) is 5.75 Å². The lowest BCUT2D eigenvalue weighted by Gasteiger charge is -2.22. The first-order valence-corrected chi connectivity index (χ1v) is 6.56. The molecule has 106 valence electrons. The highest BCUT2D eigenvalue weighted by Gasteiger charge is 2.37. The second-order valence-corrected chi connectivity index (χ2v) is 5.50. The Morgan fingerprint density at radius 1 is 1.37 bits per heavy atom. The summed E-state index contributed by atoms with van der Waals surface area (Å²) in [5.74, 6) is -0.310. The lowest BCUT2D eigenvalue weighted by Crippen LogP contribution is -2.29. The van der Waals surface area contributed by atoms with Gasteiger partial charge in [0.15, 0.2) is 0 Å². The standard InChI is InChI=1S/C12H13BrF3NO2/c13-7-3-4-9(19-12(14,15)16)8(5-7)10(17)11(18)6-1-2-6/h3-6,10-11,18H,1-2,17H2/t10-,11+/m0/s1. The van der Waals surface area contributed by atoms with Crippen molar-refractivity contribution in [2.75, 3.05) is 0 Å². The molecule has 0 radical (unpaired) electrons. The number of aliphatic hydroxyl groups is 1. The van der Waals surface area contributed by atoms with Crippen LogP contribution >= 0.6 is 15.9 Å². The minimum Gasteiger partial charge on any atom is -0.405 e. The number of benzene rings is 1. The number of aliphatic hydroxyl groups excluding tert-OH is 1. The van der Waals surface area contributed by atoms with E-state index >= 15 is 0 Å². The lowest BCUT2D eigenvalue weighted by atomic mass is 9.98. The van der Waals surface area contributed by atoms with E-state index in [2.05, 4.69) is 20.7 Å². The minimum atomic E-state index is -4.78. The van der Waals surface area contributed by atoms with Crippen molar-refractivity contribution in [3.05, 3.63) is 28.2 Å². The van der Waals surface area contributed by atoms with Gasteiger partial charge in [0, 0.05) is 10.0 Å². The zero-order valence-electron chi connectivity index (χ0n) is 9.82. The van der Waals surface area contributed by atoms with Gasteiger partial charge in [0.05, 0.1) is 12.1 Å². The Morgan fingerprint density at radius 3 is 2.53 bits per heavy atom. The number of hydrogen-bond acceptors (Lipinski definition) is 3. The van der Waals surface area contributed by atoms with E-state index in [1.54, 1.807) is 0 Å². The second-order valence-electron chi connectivity index (χ2n) is 4.58. The molecule has 3 N–H and O–H groups in total. The molecule has 1 aromatic rings. The largest absolute Gasteiger partial charge is 0.573 e. The number of rotatable bonds is 4. The predicted octanol–water partition coefficient (Wildman–Crippen LogP) is 3.12. The van der Waals surface area contributed by atoms with Crippen LogP contribution in [0.1, 0.15) is 24.4 Å². The van der Waals surface area contributed by atoms with Gasteiger partial charge in [-0.3, -0.25) is 0 Å². The van der Waals surface area contributed by atoms with Crippen LogP contribution in [0, 0.1) is 5.92 Å². The molecular weight excluding hydrogens is 327 g/mol. The van der Waals surface area contributed by atoms with Crippen molar-refractivity contribution >= 4 is 15.9 Å². The van der Waals surface area contributed by atoms with Crippen LogP contribution in [0.15, 0.2) is 22.7 Å². The zero-order chi connectivity index (χ0) is 14.2. The maximum atomic E-state index is 12.3. The van der Waals surface area contributed by atoms with Gasteiger partial charge in [-0.2, -0.15) is 0 Å². The van der Waals surface area contributed by atoms with E-state index in [1.807, 2.05) is 0 Å². The highest BCUT2D eigenvalue weighted by molar-refractivity contribution is 9.10. The summed E-state index contributed by atoms with van der Waals surface area (Å²) in [6, 6.07) is 3.16. The van der Waals surface area contributed by atoms with E-state index in [-0.39, 0.29) is 17.2 Å². The summed E-state index contributed by atoms with van der Waals surface area (Å²) in [5.41, 5.74) is 5.99. The summed E-state index contributed by atoms with van der Waals surface area (Å²) in [6.45, 7) is 0. The highest BCUT2D eigenvalue weighted by Crippen LogP contribution is 2.40. The molecule has 1 aromatic carbocycles. The molecule has 1 aliphatic rings. The molecule has 0 aromatic heterocycles. The van der Waals surface area contributed by atoms with E-state index in [1.165, 1.54) is 18.2 Å². The molecule has 3 nitrogen and oxygen atoms in total. The van der Waals surface area contributed by atoms with Crippen LogP contribution < -0.4 is 10.5 Å². The Bertz CT molecular complexity index is 463. The van der Waals surface area contributed by atoms with Crippen LogP contribution in [0.5, 0.6) is 5.75 Å². The molecular formula is C12H13BrF3NO2. The van der Waals surface area contributed by atoms with Crippen molar-refractivity contribution < 1.29 is 23.0 Å². The molecule has 2 atom stereocenters. The lowest BCUT2D eigenvalue weighted by molar-refractivity contribution is -0.275. The summed E-state index contributed by atoms with van der Waals surface area (Å²) >= 11 is 3.17. The van der Waals surface area contributed by atoms with Crippen LogP contribution in [0.3, 0.4) is 0 Å². The van der Waals surface area contributed by atoms with Crippen LogP contribution in [0.2, 0.25) is 0 Å². The van der Waals surface area contributed by atoms with E-state index in [4.69, 9.17) is 5.73 Å². The van der Waals surface area contributed by atoms with Gasteiger partial charge < -0.3 is 15.6 Å². The van der Waals surface area contributed by atoms with Gasteiger partial charge in [0.25, 0.3) is 0 Å². The molecule has 0 saturated heterocycles. The molecule has 1 saturated carbocycles. The van der Waals surface area contributed by atoms with E-state index in [0.29, 0.717) is 4.47 Å². The van der Waals surface area contributed by atoms with E-state index in [9.17, 15) is 18.3 Å². The first kappa shape index (κ1) is 14.6. The van der Waals surface area contributed by atoms with Gasteiger partial charge in [-0.05, 0) is 37.0 Å². The first-order valence-electron chi connectivity index (χ1n) is 5.77. The maximum Gasteiger partial charge on any atom is 0.573 e. The molecule has 0 amide bonds. The third-order valence-corrected chi connectivity index (χ3v) is 3.52. The zero-order valence-corrected chi connectivity index (χ0v) is 11.4. The molecule has 19 heavy (non-hydrogen) atoms. The Balaban J connectivity index is 2.28. The topological polar surface area (TPSA) is 55.5 Å². The van der Waals surface area contributed by atoms with Gasteiger partial charge in [-0.15, -0.1) is 13.2 Å². The summed E-state index contributed by atoms with van der Waals surface area (Å²) in [5, 5.41) is 9.95. The fraction of sp³-hybridized carbons (Fsp3) is 0.500. The van der Waals surface area contributed by atoms with Gasteiger partial charge in [-0.1, -0.05) is 15.9 Å². The Kier molecular flexibility index (Phi) is 4.08. The minimum absolute atomic E-state index is 0.0627. The summed E-state index contributed by atoms with van der Waals surface area (Å²) in [7, 11) is 0. The van der Waals surface area contributed by atoms with Crippen molar-refractivity contribution in [3.8, 4) is 5.75 Å². The fourth-order valence-electron chi connectivity index (χ4n) is 1.91. The average molecular weight is 340 g/mol. The van der Waals surface area contributed by atoms with Crippen molar-refractivity contribution in [1.29, 1.82) is 0 Å². The molecule has 1 fully saturated rings. The third kappa shape index (κ3) is 3.84. The Hall–Kier alpha value is -0.790. The van der Waals surface area contributed by atoms with Gasteiger partial charge in [-0.25, -0.2) is 0 Å². The first-order chi connectivity index (χ1) is 8.78. The summed E-state index contributed by atoms with van der Waals surface area (Å²) in [4.78, 5) is 0. The number of halogens is 4. The van der Waals surface area contributed by atoms with E-state index in [0.717, 1.165) is 12.8 Å². The second kappa shape index (κ2) is 5.30. The number of ether oxygens (including phenoxy) is 1. The van der Waals surface area contributed by atoms with Crippen molar-refractivity contribution in [2.24, 2.45) is 11.7 Å². The van der Waals surface area contributed by atoms with Crippen molar-refractivity contribution in [1.82, 2.24) is 0 Å². The fourth-order valence-corrected chi connectivity index (χ4v) is 2.29. The van der Waals surface area contributed by atoms with Crippen molar-refractivity contribution in [2.45, 2.75) is 31.3 Å². The van der Waals surface area contributed by atoms with Crippen LogP contribution in [0.25, 0.3) is 0 Å². The molecule has 7 heteroatoms. The average Bonchev–Trinajstić information content (AvgIpc) is 3.12. The quantitative estimate of drug-likeness (QED) is 0.886. The number of alkyl halides is 3. The van der Waals surface area contributed by atoms with Crippen LogP contribution in [0.4, 0.5) is 13.2 Å². The van der Waals surface area contributed by atoms with Crippen LogP contribution in [-0.4, -0.2) is 17.6 Å². The molecule has 0 bridgehead atoms. The van der Waals surface area contributed by atoms with E-state index < -0.39 is 18.5 Å². The molecule has 0 unspecified atom stereocenters. The molecule has 2 rings (SSSR count). The van der Waals surface area contributed by atoms with Crippen molar-refractivity contribution in [3.63, 3.8) is 0 Å². The number of hydrogen-bond donors (Lipinski definition) is 2. The predicted molar refractivity (Wildman–Crippen MR) is 66.5 cm³/mol. The monoisotopic (exact) mass is 339 g/mol. The molecule has 0 heterocycles. The third-order valence-electron chi connectivity index (χ3n) is 3.03. The normalized spacial score (nSPS) is 19.1. The molecule has 0 spiro atoms. The summed E-state index contributed by atoms with van der Waals surface area (Å²) < 4.78 is 41.5. The maximum absolute atomic E-state index is 12.3. The smallest absolute Gasteiger partial charge is 0.405 e. The van der Waals surface area contributed by atoms with Crippen LogP contribution in [-0.2, 0) is 0 Å². The van der Waals surface area contributed by atoms with Gasteiger partial charge in [0.2, 0.25) is 0 Å². The number of nitrogens with two attached hydrogens (primary N) is 1. The molecule has 0 aliphatic heterocycles. The Morgan fingerprint density at radius 2 is 2.00 bits per heavy atom. The van der Waals surface area contributed by atoms with Gasteiger partial charge >= 0.3 is 6.36 Å². The SMILES string of the molecule is N[C@@H](c1cc(Br)ccc1OC(F)(F)F)[C@H](O)C1CC1. The highest BCUT2D eigenvalue weighted by atomic mass is 79.9. The molecule has 1 aliphatic carbocycles.